The zero-order valence-electron chi connectivity index (χ0n) is 14.2. The molecule has 1 aromatic rings. The number of benzene rings is 1. The van der Waals surface area contributed by atoms with Crippen molar-refractivity contribution in [1.82, 2.24) is 4.90 Å². The van der Waals surface area contributed by atoms with E-state index in [1.54, 1.807) is 24.3 Å². The quantitative estimate of drug-likeness (QED) is 0.831. The molecular formula is C19H22N2O4. The Morgan fingerprint density at radius 2 is 1.72 bits per heavy atom. The molecule has 3 fully saturated rings. The molecular weight excluding hydrogens is 320 g/mol. The molecule has 1 aliphatic heterocycles. The summed E-state index contributed by atoms with van der Waals surface area (Å²) in [6.45, 7) is 2.29. The summed E-state index contributed by atoms with van der Waals surface area (Å²) in [6.07, 6.45) is 3.08. The van der Waals surface area contributed by atoms with E-state index in [-0.39, 0.29) is 36.1 Å². The molecule has 2 bridgehead atoms. The highest BCUT2D eigenvalue weighted by Crippen LogP contribution is 2.56. The number of carbonyl (C=O) groups is 3. The van der Waals surface area contributed by atoms with Crippen molar-refractivity contribution in [3.05, 3.63) is 24.3 Å². The normalized spacial score (nSPS) is 29.9. The van der Waals surface area contributed by atoms with Crippen LogP contribution in [0.1, 0.15) is 26.2 Å². The zero-order valence-corrected chi connectivity index (χ0v) is 14.2. The molecule has 6 nitrogen and oxygen atoms in total. The zero-order chi connectivity index (χ0) is 17.6. The van der Waals surface area contributed by atoms with E-state index in [0.717, 1.165) is 25.0 Å². The Morgan fingerprint density at radius 1 is 1.12 bits per heavy atom. The molecule has 4 atom stereocenters. The minimum absolute atomic E-state index is 0.149. The third-order valence-electron chi connectivity index (χ3n) is 5.77. The highest BCUT2D eigenvalue weighted by Gasteiger charge is 2.60. The topological polar surface area (TPSA) is 75.7 Å². The van der Waals surface area contributed by atoms with Gasteiger partial charge in [-0.2, -0.15) is 0 Å². The second-order valence-corrected chi connectivity index (χ2v) is 7.15. The monoisotopic (exact) mass is 342 g/mol. The molecule has 0 spiro atoms. The number of amides is 3. The Labute approximate surface area is 146 Å². The molecule has 2 saturated carbocycles. The summed E-state index contributed by atoms with van der Waals surface area (Å²) >= 11 is 0. The number of rotatable bonds is 5. The van der Waals surface area contributed by atoms with Crippen LogP contribution in [0.3, 0.4) is 0 Å². The summed E-state index contributed by atoms with van der Waals surface area (Å²) in [4.78, 5) is 38.7. The van der Waals surface area contributed by atoms with Crippen LogP contribution in [0, 0.1) is 23.7 Å². The maximum atomic E-state index is 12.6. The third-order valence-corrected chi connectivity index (χ3v) is 5.77. The maximum absolute atomic E-state index is 12.6. The summed E-state index contributed by atoms with van der Waals surface area (Å²) in [7, 11) is 0. The largest absolute Gasteiger partial charge is 0.494 e. The van der Waals surface area contributed by atoms with Crippen molar-refractivity contribution in [2.24, 2.45) is 23.7 Å². The molecule has 132 valence electrons. The van der Waals surface area contributed by atoms with Crippen molar-refractivity contribution >= 4 is 23.4 Å². The lowest BCUT2D eigenvalue weighted by Gasteiger charge is -2.19. The summed E-state index contributed by atoms with van der Waals surface area (Å²) < 4.78 is 5.36. The number of likely N-dealkylation sites (tertiary alicyclic amines) is 1. The third kappa shape index (κ3) is 2.69. The number of nitrogens with zero attached hydrogens (tertiary/aromatic N) is 1. The summed E-state index contributed by atoms with van der Waals surface area (Å²) in [5, 5.41) is 2.74. The van der Waals surface area contributed by atoms with Crippen LogP contribution in [0.2, 0.25) is 0 Å². The first-order valence-electron chi connectivity index (χ1n) is 8.96. The minimum atomic E-state index is -0.349. The number of fused-ring (bicyclic) bond motifs is 5. The fraction of sp³-hybridized carbons (Fsp3) is 0.526. The first kappa shape index (κ1) is 16.1. The van der Waals surface area contributed by atoms with Gasteiger partial charge in [0, 0.05) is 5.69 Å². The van der Waals surface area contributed by atoms with Crippen molar-refractivity contribution < 1.29 is 19.1 Å². The van der Waals surface area contributed by atoms with Gasteiger partial charge in [-0.3, -0.25) is 19.3 Å². The smallest absolute Gasteiger partial charge is 0.244 e. The van der Waals surface area contributed by atoms with Crippen molar-refractivity contribution in [1.29, 1.82) is 0 Å². The van der Waals surface area contributed by atoms with Crippen molar-refractivity contribution in [3.63, 3.8) is 0 Å². The van der Waals surface area contributed by atoms with Crippen LogP contribution < -0.4 is 10.1 Å². The van der Waals surface area contributed by atoms with Gasteiger partial charge in [0.1, 0.15) is 12.3 Å². The predicted molar refractivity (Wildman–Crippen MR) is 90.8 cm³/mol. The van der Waals surface area contributed by atoms with Gasteiger partial charge in [0.25, 0.3) is 0 Å². The van der Waals surface area contributed by atoms with Crippen molar-refractivity contribution in [2.75, 3.05) is 18.5 Å². The molecule has 1 N–H and O–H groups in total. The van der Waals surface area contributed by atoms with E-state index in [1.807, 2.05) is 6.92 Å². The van der Waals surface area contributed by atoms with Gasteiger partial charge in [-0.25, -0.2) is 0 Å². The molecule has 3 aliphatic rings. The second-order valence-electron chi connectivity index (χ2n) is 7.15. The van der Waals surface area contributed by atoms with Crippen LogP contribution in [0.4, 0.5) is 5.69 Å². The summed E-state index contributed by atoms with van der Waals surface area (Å²) in [5.41, 5.74) is 0.618. The maximum Gasteiger partial charge on any atom is 0.244 e. The van der Waals surface area contributed by atoms with Gasteiger partial charge < -0.3 is 10.1 Å². The Bertz CT molecular complexity index is 687. The molecule has 1 aromatic carbocycles. The highest BCUT2D eigenvalue weighted by atomic mass is 16.5. The van der Waals surface area contributed by atoms with Gasteiger partial charge in [0.15, 0.2) is 0 Å². The van der Waals surface area contributed by atoms with Crippen LogP contribution in [-0.4, -0.2) is 35.8 Å². The number of hydrogen-bond donors (Lipinski definition) is 1. The molecule has 4 unspecified atom stereocenters. The fourth-order valence-corrected chi connectivity index (χ4v) is 4.77. The summed E-state index contributed by atoms with van der Waals surface area (Å²) in [5.74, 6) is 0.408. The highest BCUT2D eigenvalue weighted by molar-refractivity contribution is 6.09. The van der Waals surface area contributed by atoms with Gasteiger partial charge in [0.2, 0.25) is 17.7 Å². The molecule has 2 aliphatic carbocycles. The van der Waals surface area contributed by atoms with Gasteiger partial charge in [-0.05, 0) is 62.3 Å². The number of hydrogen-bond acceptors (Lipinski definition) is 4. The number of imide groups is 1. The predicted octanol–water partition coefficient (Wildman–Crippen LogP) is 2.05. The lowest BCUT2D eigenvalue weighted by Crippen LogP contribution is -2.39. The van der Waals surface area contributed by atoms with Crippen LogP contribution in [0.25, 0.3) is 0 Å². The van der Waals surface area contributed by atoms with Crippen LogP contribution in [0.15, 0.2) is 24.3 Å². The SMILES string of the molecule is CCOc1ccc(NC(=O)CN2C(=O)C3C4CCC(C4)C3C2=O)cc1. The lowest BCUT2D eigenvalue weighted by molar-refractivity contribution is -0.143. The molecule has 6 heteroatoms. The number of carbonyl (C=O) groups excluding carboxylic acids is 3. The molecule has 3 amide bonds. The van der Waals surface area contributed by atoms with Gasteiger partial charge in [0.05, 0.1) is 18.4 Å². The molecule has 0 aromatic heterocycles. The van der Waals surface area contributed by atoms with Crippen LogP contribution >= 0.6 is 0 Å². The van der Waals surface area contributed by atoms with Gasteiger partial charge >= 0.3 is 0 Å². The van der Waals surface area contributed by atoms with E-state index in [2.05, 4.69) is 5.32 Å². The number of anilines is 1. The Kier molecular flexibility index (Phi) is 3.98. The number of ether oxygens (including phenoxy) is 1. The van der Waals surface area contributed by atoms with E-state index >= 15 is 0 Å². The molecule has 4 rings (SSSR count). The molecule has 0 radical (unpaired) electrons. The first-order valence-corrected chi connectivity index (χ1v) is 8.96. The standard InChI is InChI=1S/C19H22N2O4/c1-2-25-14-7-5-13(6-8-14)20-15(22)10-21-18(23)16-11-3-4-12(9-11)17(16)19(21)24/h5-8,11-12,16-17H,2-4,9-10H2,1H3,(H,20,22). The average molecular weight is 342 g/mol. The van der Waals surface area contributed by atoms with E-state index < -0.39 is 0 Å². The van der Waals surface area contributed by atoms with Gasteiger partial charge in [-0.15, -0.1) is 0 Å². The second kappa shape index (κ2) is 6.17. The first-order chi connectivity index (χ1) is 12.1. The molecule has 1 heterocycles. The van der Waals surface area contributed by atoms with Gasteiger partial charge in [-0.1, -0.05) is 0 Å². The molecule has 25 heavy (non-hydrogen) atoms. The lowest BCUT2D eigenvalue weighted by atomic mass is 9.81. The van der Waals surface area contributed by atoms with E-state index in [9.17, 15) is 14.4 Å². The number of nitrogens with one attached hydrogen (secondary N) is 1. The van der Waals surface area contributed by atoms with E-state index in [0.29, 0.717) is 24.1 Å². The Morgan fingerprint density at radius 3 is 2.28 bits per heavy atom. The van der Waals surface area contributed by atoms with Crippen LogP contribution in [-0.2, 0) is 14.4 Å². The van der Waals surface area contributed by atoms with E-state index in [4.69, 9.17) is 4.74 Å². The molecule has 1 saturated heterocycles. The van der Waals surface area contributed by atoms with Crippen molar-refractivity contribution in [3.8, 4) is 5.75 Å². The Hall–Kier alpha value is -2.37. The van der Waals surface area contributed by atoms with Crippen LogP contribution in [0.5, 0.6) is 5.75 Å². The van der Waals surface area contributed by atoms with Crippen molar-refractivity contribution in [2.45, 2.75) is 26.2 Å². The fourth-order valence-electron chi connectivity index (χ4n) is 4.77. The minimum Gasteiger partial charge on any atom is -0.494 e. The Balaban J connectivity index is 1.39. The van der Waals surface area contributed by atoms with E-state index in [1.165, 1.54) is 4.90 Å². The summed E-state index contributed by atoms with van der Waals surface area (Å²) in [6, 6.07) is 7.03. The average Bonchev–Trinajstić information content (AvgIpc) is 3.27.